The predicted octanol–water partition coefficient (Wildman–Crippen LogP) is 2.31. The molecule has 0 bridgehead atoms. The standard InChI is InChI=1S/C13H14O3/c1-9-2-3-10(8-14)11(6-9)13(4-5-13)7-12(15)16/h2-3,6,8H,4-5,7H2,1H3,(H,15,16). The number of carboxylic acids is 1. The lowest BCUT2D eigenvalue weighted by Gasteiger charge is -2.16. The Balaban J connectivity index is 2.42. The number of benzene rings is 1. The maximum atomic E-state index is 11.0. The molecule has 0 heterocycles. The van der Waals surface area contributed by atoms with Gasteiger partial charge in [0.1, 0.15) is 6.29 Å². The maximum absolute atomic E-state index is 11.0. The van der Waals surface area contributed by atoms with E-state index < -0.39 is 5.97 Å². The van der Waals surface area contributed by atoms with Gasteiger partial charge in [-0.05, 0) is 25.3 Å². The van der Waals surface area contributed by atoms with E-state index >= 15 is 0 Å². The molecule has 3 heteroatoms. The molecule has 0 unspecified atom stereocenters. The van der Waals surface area contributed by atoms with Gasteiger partial charge < -0.3 is 5.11 Å². The van der Waals surface area contributed by atoms with Crippen LogP contribution in [0.15, 0.2) is 18.2 Å². The van der Waals surface area contributed by atoms with E-state index in [2.05, 4.69) is 0 Å². The van der Waals surface area contributed by atoms with Gasteiger partial charge in [0.2, 0.25) is 0 Å². The van der Waals surface area contributed by atoms with Crippen LogP contribution in [0.5, 0.6) is 0 Å². The average Bonchev–Trinajstić information content (AvgIpc) is 2.98. The molecular formula is C13H14O3. The molecule has 0 saturated heterocycles. The van der Waals surface area contributed by atoms with Crippen molar-refractivity contribution >= 4 is 12.3 Å². The third kappa shape index (κ3) is 1.85. The quantitative estimate of drug-likeness (QED) is 0.789. The molecule has 0 aromatic heterocycles. The van der Waals surface area contributed by atoms with Crippen molar-refractivity contribution in [2.24, 2.45) is 0 Å². The highest BCUT2D eigenvalue weighted by Crippen LogP contribution is 2.52. The number of carboxylic acid groups (broad SMARTS) is 1. The van der Waals surface area contributed by atoms with E-state index in [4.69, 9.17) is 5.11 Å². The van der Waals surface area contributed by atoms with E-state index in [9.17, 15) is 9.59 Å². The Labute approximate surface area is 94.1 Å². The van der Waals surface area contributed by atoms with Gasteiger partial charge in [-0.25, -0.2) is 0 Å². The maximum Gasteiger partial charge on any atom is 0.304 e. The first kappa shape index (κ1) is 10.9. The van der Waals surface area contributed by atoms with Crippen LogP contribution in [-0.4, -0.2) is 17.4 Å². The van der Waals surface area contributed by atoms with E-state index in [1.54, 1.807) is 6.07 Å². The van der Waals surface area contributed by atoms with Crippen molar-refractivity contribution in [1.29, 1.82) is 0 Å². The van der Waals surface area contributed by atoms with E-state index in [0.717, 1.165) is 30.3 Å². The predicted molar refractivity (Wildman–Crippen MR) is 59.7 cm³/mol. The molecule has 0 spiro atoms. The Kier molecular flexibility index (Phi) is 2.54. The Morgan fingerprint density at radius 3 is 2.69 bits per heavy atom. The summed E-state index contributed by atoms with van der Waals surface area (Å²) in [7, 11) is 0. The molecule has 1 aromatic carbocycles. The summed E-state index contributed by atoms with van der Waals surface area (Å²) in [6.07, 6.45) is 2.67. The van der Waals surface area contributed by atoms with Gasteiger partial charge in [-0.15, -0.1) is 0 Å². The van der Waals surface area contributed by atoms with E-state index in [1.165, 1.54) is 0 Å². The highest BCUT2D eigenvalue weighted by Gasteiger charge is 2.47. The molecule has 0 atom stereocenters. The van der Waals surface area contributed by atoms with Gasteiger partial charge in [-0.2, -0.15) is 0 Å². The molecule has 1 saturated carbocycles. The number of rotatable bonds is 4. The second kappa shape index (κ2) is 3.74. The van der Waals surface area contributed by atoms with Crippen LogP contribution in [0.4, 0.5) is 0 Å². The average molecular weight is 218 g/mol. The number of hydrogen-bond donors (Lipinski definition) is 1. The molecule has 0 aliphatic heterocycles. The first-order valence-electron chi connectivity index (χ1n) is 5.35. The second-order valence-corrected chi connectivity index (χ2v) is 4.56. The summed E-state index contributed by atoms with van der Waals surface area (Å²) in [4.78, 5) is 21.8. The molecule has 1 aromatic rings. The summed E-state index contributed by atoms with van der Waals surface area (Å²) in [6, 6.07) is 5.60. The van der Waals surface area contributed by atoms with Crippen LogP contribution in [0.1, 0.15) is 40.7 Å². The molecule has 1 aliphatic carbocycles. The summed E-state index contributed by atoms with van der Waals surface area (Å²) in [5.41, 5.74) is 2.32. The number of carbonyl (C=O) groups excluding carboxylic acids is 1. The highest BCUT2D eigenvalue weighted by molar-refractivity contribution is 5.80. The molecular weight excluding hydrogens is 204 g/mol. The molecule has 1 fully saturated rings. The molecule has 84 valence electrons. The van der Waals surface area contributed by atoms with E-state index in [1.807, 2.05) is 19.1 Å². The lowest BCUT2D eigenvalue weighted by atomic mass is 9.88. The van der Waals surface area contributed by atoms with Crippen molar-refractivity contribution in [1.82, 2.24) is 0 Å². The third-order valence-corrected chi connectivity index (χ3v) is 3.25. The lowest BCUT2D eigenvalue weighted by molar-refractivity contribution is -0.137. The number of aliphatic carboxylic acids is 1. The number of hydrogen-bond acceptors (Lipinski definition) is 2. The molecule has 16 heavy (non-hydrogen) atoms. The summed E-state index contributed by atoms with van der Waals surface area (Å²) in [5, 5.41) is 8.89. The zero-order valence-corrected chi connectivity index (χ0v) is 9.19. The molecule has 0 amide bonds. The van der Waals surface area contributed by atoms with Crippen LogP contribution in [0, 0.1) is 6.92 Å². The van der Waals surface area contributed by atoms with Crippen molar-refractivity contribution in [3.63, 3.8) is 0 Å². The molecule has 1 aliphatic rings. The first-order valence-corrected chi connectivity index (χ1v) is 5.35. The van der Waals surface area contributed by atoms with Gasteiger partial charge in [0.05, 0.1) is 6.42 Å². The van der Waals surface area contributed by atoms with Crippen molar-refractivity contribution in [2.75, 3.05) is 0 Å². The molecule has 0 radical (unpaired) electrons. The number of aryl methyl sites for hydroxylation is 1. The van der Waals surface area contributed by atoms with Crippen molar-refractivity contribution < 1.29 is 14.7 Å². The fourth-order valence-electron chi connectivity index (χ4n) is 2.21. The zero-order valence-electron chi connectivity index (χ0n) is 9.19. The Morgan fingerprint density at radius 2 is 2.19 bits per heavy atom. The SMILES string of the molecule is Cc1ccc(C=O)c(C2(CC(=O)O)CC2)c1. The van der Waals surface area contributed by atoms with Gasteiger partial charge >= 0.3 is 5.97 Å². The van der Waals surface area contributed by atoms with Crippen LogP contribution in [0.2, 0.25) is 0 Å². The minimum Gasteiger partial charge on any atom is -0.481 e. The van der Waals surface area contributed by atoms with Crippen LogP contribution in [-0.2, 0) is 10.2 Å². The molecule has 2 rings (SSSR count). The third-order valence-electron chi connectivity index (χ3n) is 3.25. The van der Waals surface area contributed by atoms with Crippen molar-refractivity contribution in [2.45, 2.75) is 31.6 Å². The van der Waals surface area contributed by atoms with Crippen LogP contribution >= 0.6 is 0 Å². The van der Waals surface area contributed by atoms with Crippen LogP contribution < -0.4 is 0 Å². The van der Waals surface area contributed by atoms with E-state index in [-0.39, 0.29) is 11.8 Å². The van der Waals surface area contributed by atoms with E-state index in [0.29, 0.717) is 5.56 Å². The summed E-state index contributed by atoms with van der Waals surface area (Å²) in [5.74, 6) is -0.796. The zero-order chi connectivity index (χ0) is 11.8. The Morgan fingerprint density at radius 1 is 1.50 bits per heavy atom. The summed E-state index contributed by atoms with van der Waals surface area (Å²) < 4.78 is 0. The lowest BCUT2D eigenvalue weighted by Crippen LogP contribution is -2.15. The largest absolute Gasteiger partial charge is 0.481 e. The van der Waals surface area contributed by atoms with Gasteiger partial charge in [-0.1, -0.05) is 23.8 Å². The number of carbonyl (C=O) groups is 2. The number of aldehydes is 1. The van der Waals surface area contributed by atoms with Gasteiger partial charge in [0, 0.05) is 11.0 Å². The minimum absolute atomic E-state index is 0.122. The minimum atomic E-state index is -0.796. The monoisotopic (exact) mass is 218 g/mol. The second-order valence-electron chi connectivity index (χ2n) is 4.56. The smallest absolute Gasteiger partial charge is 0.304 e. The van der Waals surface area contributed by atoms with Gasteiger partial charge in [0.15, 0.2) is 0 Å². The van der Waals surface area contributed by atoms with Gasteiger partial charge in [0.25, 0.3) is 0 Å². The van der Waals surface area contributed by atoms with Crippen molar-refractivity contribution in [3.8, 4) is 0 Å². The fraction of sp³-hybridized carbons (Fsp3) is 0.385. The summed E-state index contributed by atoms with van der Waals surface area (Å²) >= 11 is 0. The van der Waals surface area contributed by atoms with Crippen molar-refractivity contribution in [3.05, 3.63) is 34.9 Å². The Hall–Kier alpha value is -1.64. The Bertz CT molecular complexity index is 444. The highest BCUT2D eigenvalue weighted by atomic mass is 16.4. The molecule has 1 N–H and O–H groups in total. The van der Waals surface area contributed by atoms with Crippen LogP contribution in [0.3, 0.4) is 0 Å². The summed E-state index contributed by atoms with van der Waals surface area (Å²) in [6.45, 7) is 1.95. The topological polar surface area (TPSA) is 54.4 Å². The van der Waals surface area contributed by atoms with Gasteiger partial charge in [-0.3, -0.25) is 9.59 Å². The molecule has 3 nitrogen and oxygen atoms in total. The van der Waals surface area contributed by atoms with Crippen LogP contribution in [0.25, 0.3) is 0 Å². The fourth-order valence-corrected chi connectivity index (χ4v) is 2.21. The first-order chi connectivity index (χ1) is 7.57. The normalized spacial score (nSPS) is 16.8.